The van der Waals surface area contributed by atoms with Gasteiger partial charge in [-0.2, -0.15) is 0 Å². The third-order valence-electron chi connectivity index (χ3n) is 6.86. The first-order chi connectivity index (χ1) is 19.1. The molecule has 0 saturated carbocycles. The minimum atomic E-state index is 1.06. The molecule has 0 amide bonds. The zero-order valence-electron chi connectivity index (χ0n) is 22.3. The van der Waals surface area contributed by atoms with Crippen LogP contribution in [0.2, 0.25) is 0 Å². The quantitative estimate of drug-likeness (QED) is 0.147. The van der Waals surface area contributed by atoms with E-state index in [1.807, 2.05) is 12.1 Å². The second-order valence-electron chi connectivity index (χ2n) is 9.70. The molecule has 0 N–H and O–H groups in total. The lowest BCUT2D eigenvalue weighted by Crippen LogP contribution is -1.89. The monoisotopic (exact) mass is 500 g/mol. The van der Waals surface area contributed by atoms with Gasteiger partial charge >= 0.3 is 0 Å². The zero-order chi connectivity index (χ0) is 27.0. The highest BCUT2D eigenvalue weighted by atomic mass is 14.1. The van der Waals surface area contributed by atoms with Gasteiger partial charge in [-0.1, -0.05) is 158 Å². The van der Waals surface area contributed by atoms with E-state index in [9.17, 15) is 0 Å². The molecule has 0 aromatic heterocycles. The van der Waals surface area contributed by atoms with Crippen LogP contribution in [0.3, 0.4) is 0 Å². The van der Waals surface area contributed by atoms with Crippen LogP contribution in [-0.4, -0.2) is 0 Å². The Balaban J connectivity index is 1.41. The van der Waals surface area contributed by atoms with Crippen LogP contribution in [0.15, 0.2) is 152 Å². The lowest BCUT2D eigenvalue weighted by Gasteiger charge is -2.10. The van der Waals surface area contributed by atoms with Gasteiger partial charge in [-0.25, -0.2) is 0 Å². The molecule has 0 heterocycles. The van der Waals surface area contributed by atoms with Gasteiger partial charge in [0, 0.05) is 0 Å². The first kappa shape index (κ1) is 25.7. The van der Waals surface area contributed by atoms with Crippen LogP contribution in [0.1, 0.15) is 40.3 Å². The van der Waals surface area contributed by atoms with Crippen LogP contribution < -0.4 is 0 Å². The number of hydrogen-bond donors (Lipinski definition) is 0. The van der Waals surface area contributed by atoms with Gasteiger partial charge in [-0.15, -0.1) is 0 Å². The molecule has 0 saturated heterocycles. The summed E-state index contributed by atoms with van der Waals surface area (Å²) in [5, 5.41) is 0. The van der Waals surface area contributed by atoms with Crippen LogP contribution in [0.4, 0.5) is 0 Å². The highest BCUT2D eigenvalue weighted by Gasteiger charge is 2.07. The molecule has 0 aliphatic rings. The van der Waals surface area contributed by atoms with Crippen LogP contribution >= 0.6 is 0 Å². The van der Waals surface area contributed by atoms with Gasteiger partial charge in [0.05, 0.1) is 0 Å². The molecule has 39 heavy (non-hydrogen) atoms. The molecule has 0 aliphatic carbocycles. The molecule has 0 heteroatoms. The van der Waals surface area contributed by atoms with E-state index in [1.54, 1.807) is 0 Å². The van der Waals surface area contributed by atoms with Gasteiger partial charge in [-0.05, 0) is 74.7 Å². The summed E-state index contributed by atoms with van der Waals surface area (Å²) in [5.74, 6) is 0. The fourth-order valence-corrected chi connectivity index (χ4v) is 4.70. The zero-order valence-corrected chi connectivity index (χ0v) is 22.3. The number of hydrogen-bond acceptors (Lipinski definition) is 0. The Bertz CT molecular complexity index is 1610. The van der Waals surface area contributed by atoms with Crippen LogP contribution in [0, 0.1) is 0 Å². The molecule has 188 valence electrons. The van der Waals surface area contributed by atoms with Gasteiger partial charge in [0.25, 0.3) is 0 Å². The Morgan fingerprint density at radius 3 is 1.41 bits per heavy atom. The largest absolute Gasteiger partial charge is 0.0985 e. The number of allylic oxidation sites excluding steroid dienone is 2. The summed E-state index contributed by atoms with van der Waals surface area (Å²) in [6.07, 6.45) is 6.35. The molecule has 5 rings (SSSR count). The summed E-state index contributed by atoms with van der Waals surface area (Å²) in [4.78, 5) is 0. The lowest BCUT2D eigenvalue weighted by molar-refractivity contribution is 1.52. The van der Waals surface area contributed by atoms with Crippen LogP contribution in [0.5, 0.6) is 0 Å². The second-order valence-corrected chi connectivity index (χ2v) is 9.70. The maximum atomic E-state index is 4.19. The minimum absolute atomic E-state index is 1.06. The molecule has 0 nitrogen and oxygen atoms in total. The Morgan fingerprint density at radius 2 is 0.923 bits per heavy atom. The summed E-state index contributed by atoms with van der Waals surface area (Å²) < 4.78 is 0. The van der Waals surface area contributed by atoms with Gasteiger partial charge in [0.15, 0.2) is 0 Å². The normalized spacial score (nSPS) is 11.7. The first-order valence-electron chi connectivity index (χ1n) is 13.2. The van der Waals surface area contributed by atoms with E-state index in [0.29, 0.717) is 0 Å². The minimum Gasteiger partial charge on any atom is -0.0985 e. The Labute approximate surface area is 232 Å². The maximum Gasteiger partial charge on any atom is -0.0105 e. The van der Waals surface area contributed by atoms with E-state index < -0.39 is 0 Å². The molecule has 0 atom stereocenters. The van der Waals surface area contributed by atoms with Crippen molar-refractivity contribution in [3.8, 4) is 11.1 Å². The molecule has 0 fully saturated rings. The predicted molar refractivity (Wildman–Crippen MR) is 171 cm³/mol. The lowest BCUT2D eigenvalue weighted by atomic mass is 9.94. The van der Waals surface area contributed by atoms with Gasteiger partial charge in [-0.3, -0.25) is 0 Å². The van der Waals surface area contributed by atoms with Gasteiger partial charge in [0.1, 0.15) is 0 Å². The van der Waals surface area contributed by atoms with Crippen molar-refractivity contribution in [3.63, 3.8) is 0 Å². The van der Waals surface area contributed by atoms with Gasteiger partial charge in [0.2, 0.25) is 0 Å². The van der Waals surface area contributed by atoms with E-state index in [0.717, 1.165) is 22.3 Å². The second kappa shape index (κ2) is 12.1. The van der Waals surface area contributed by atoms with E-state index in [4.69, 9.17) is 0 Å². The first-order valence-corrected chi connectivity index (χ1v) is 13.2. The summed E-state index contributed by atoms with van der Waals surface area (Å²) in [5.41, 5.74) is 12.8. The number of benzene rings is 5. The average molecular weight is 501 g/mol. The van der Waals surface area contributed by atoms with E-state index in [2.05, 4.69) is 160 Å². The summed E-state index contributed by atoms with van der Waals surface area (Å²) in [6.45, 7) is 10.1. The summed E-state index contributed by atoms with van der Waals surface area (Å²) in [7, 11) is 0. The predicted octanol–water partition coefficient (Wildman–Crippen LogP) is 10.7. The Kier molecular flexibility index (Phi) is 7.95. The smallest absolute Gasteiger partial charge is 0.0105 e. The fraction of sp³-hybridized carbons (Fsp3) is 0.0256. The van der Waals surface area contributed by atoms with Crippen molar-refractivity contribution in [2.75, 3.05) is 0 Å². The third kappa shape index (κ3) is 6.32. The van der Waals surface area contributed by atoms with Crippen molar-refractivity contribution < 1.29 is 0 Å². The van der Waals surface area contributed by atoms with Crippen molar-refractivity contribution in [1.82, 2.24) is 0 Å². The molecule has 5 aromatic rings. The van der Waals surface area contributed by atoms with Crippen LogP contribution in [0.25, 0.3) is 40.5 Å². The highest BCUT2D eigenvalue weighted by Crippen LogP contribution is 2.29. The number of rotatable bonds is 8. The fourth-order valence-electron chi connectivity index (χ4n) is 4.70. The molecular formula is C39H32. The maximum absolute atomic E-state index is 4.19. The topological polar surface area (TPSA) is 0 Å². The van der Waals surface area contributed by atoms with E-state index in [-0.39, 0.29) is 0 Å². The summed E-state index contributed by atoms with van der Waals surface area (Å²) in [6, 6.07) is 47.0. The molecule has 0 unspecified atom stereocenters. The van der Waals surface area contributed by atoms with Crippen molar-refractivity contribution in [3.05, 3.63) is 186 Å². The van der Waals surface area contributed by atoms with E-state index >= 15 is 0 Å². The molecule has 0 bridgehead atoms. The van der Waals surface area contributed by atoms with Crippen molar-refractivity contribution in [1.29, 1.82) is 0 Å². The van der Waals surface area contributed by atoms with E-state index in [1.165, 1.54) is 39.0 Å². The van der Waals surface area contributed by atoms with Crippen LogP contribution in [-0.2, 0) is 0 Å². The summed E-state index contributed by atoms with van der Waals surface area (Å²) >= 11 is 0. The Morgan fingerprint density at radius 1 is 0.487 bits per heavy atom. The molecule has 5 aromatic carbocycles. The molecule has 0 spiro atoms. The Hall–Kier alpha value is -4.94. The van der Waals surface area contributed by atoms with Crippen molar-refractivity contribution in [2.45, 2.75) is 6.92 Å². The molecular weight excluding hydrogens is 468 g/mol. The van der Waals surface area contributed by atoms with Crippen molar-refractivity contribution >= 4 is 29.4 Å². The van der Waals surface area contributed by atoms with Gasteiger partial charge < -0.3 is 0 Å². The highest BCUT2D eigenvalue weighted by molar-refractivity contribution is 5.92. The standard InChI is InChI=1S/C39H32/c1-4-30-15-25-37(26-16-30)39(36-13-9-6-10-14-36)28-32-19-23-34(24-20-32)33-21-17-31(18-22-33)27-38(29(2)3)35-11-7-5-8-12-35/h4-28H,1-2H2,3H3/b38-27-,39-28+. The average Bonchev–Trinajstić information content (AvgIpc) is 3.00. The molecule has 0 radical (unpaired) electrons. The molecule has 0 aliphatic heterocycles. The van der Waals surface area contributed by atoms with Crippen molar-refractivity contribution in [2.24, 2.45) is 0 Å². The SMILES string of the molecule is C=Cc1ccc(/C(=C/c2ccc(-c3ccc(/C=C(/C(=C)C)c4ccccc4)cc3)cc2)c2ccccc2)cc1. The third-order valence-corrected chi connectivity index (χ3v) is 6.86.